The second kappa shape index (κ2) is 7.50. The quantitative estimate of drug-likeness (QED) is 0.803. The molecule has 4 nitrogen and oxygen atoms in total. The van der Waals surface area contributed by atoms with E-state index in [9.17, 15) is 4.79 Å². The number of likely N-dealkylation sites (N-methyl/N-ethyl adjacent to an activating group) is 1. The summed E-state index contributed by atoms with van der Waals surface area (Å²) < 4.78 is 5.51. The summed E-state index contributed by atoms with van der Waals surface area (Å²) in [5.74, 6) is 0.129. The fourth-order valence-corrected chi connectivity index (χ4v) is 4.18. The van der Waals surface area contributed by atoms with Gasteiger partial charge in [-0.2, -0.15) is 11.8 Å². The van der Waals surface area contributed by atoms with Crippen molar-refractivity contribution in [1.29, 1.82) is 0 Å². The van der Waals surface area contributed by atoms with Gasteiger partial charge in [0, 0.05) is 24.4 Å². The van der Waals surface area contributed by atoms with Crippen LogP contribution in [0, 0.1) is 0 Å². The number of hydrogen-bond acceptors (Lipinski definition) is 4. The van der Waals surface area contributed by atoms with Gasteiger partial charge in [-0.05, 0) is 39.0 Å². The molecule has 1 amide bonds. The van der Waals surface area contributed by atoms with Crippen LogP contribution in [-0.2, 0) is 9.53 Å². The molecule has 0 aromatic heterocycles. The van der Waals surface area contributed by atoms with Gasteiger partial charge in [-0.3, -0.25) is 9.69 Å². The Hall–Kier alpha value is -0.260. The van der Waals surface area contributed by atoms with E-state index in [4.69, 9.17) is 4.74 Å². The third kappa shape index (κ3) is 4.36. The standard InChI is InChI=1S/C14H26N2O2S/c1-16(12-6-3-7-13(12)19-2)10-14(17)15-9-11-5-4-8-18-11/h11-13H,3-10H2,1-2H3,(H,15,17)/t11-,12+,13-/m1/s1. The summed E-state index contributed by atoms with van der Waals surface area (Å²) in [5, 5.41) is 3.69. The Labute approximate surface area is 120 Å². The lowest BCUT2D eigenvalue weighted by atomic mass is 10.2. The number of rotatable bonds is 6. The molecule has 1 N–H and O–H groups in total. The van der Waals surface area contributed by atoms with Gasteiger partial charge in [0.2, 0.25) is 5.91 Å². The molecule has 1 aliphatic carbocycles. The topological polar surface area (TPSA) is 41.6 Å². The smallest absolute Gasteiger partial charge is 0.234 e. The van der Waals surface area contributed by atoms with Crippen molar-refractivity contribution in [2.75, 3.05) is 33.0 Å². The number of carbonyl (C=O) groups excluding carboxylic acids is 1. The lowest BCUT2D eigenvalue weighted by Gasteiger charge is -2.28. The van der Waals surface area contributed by atoms with Crippen LogP contribution in [0.4, 0.5) is 0 Å². The van der Waals surface area contributed by atoms with Crippen LogP contribution in [0.2, 0.25) is 0 Å². The normalized spacial score (nSPS) is 31.0. The van der Waals surface area contributed by atoms with Crippen molar-refractivity contribution < 1.29 is 9.53 Å². The molecule has 3 atom stereocenters. The second-order valence-electron chi connectivity index (χ2n) is 5.63. The molecule has 0 aromatic rings. The predicted octanol–water partition coefficient (Wildman–Crippen LogP) is 1.50. The van der Waals surface area contributed by atoms with Crippen LogP contribution in [0.1, 0.15) is 32.1 Å². The van der Waals surface area contributed by atoms with Crippen molar-refractivity contribution in [3.63, 3.8) is 0 Å². The number of nitrogens with one attached hydrogen (secondary N) is 1. The molecular formula is C14H26N2O2S. The minimum Gasteiger partial charge on any atom is -0.376 e. The van der Waals surface area contributed by atoms with E-state index in [1.807, 2.05) is 11.8 Å². The van der Waals surface area contributed by atoms with Crippen LogP contribution in [0.25, 0.3) is 0 Å². The second-order valence-corrected chi connectivity index (χ2v) is 6.70. The summed E-state index contributed by atoms with van der Waals surface area (Å²) in [7, 11) is 2.07. The first-order chi connectivity index (χ1) is 9.20. The molecular weight excluding hydrogens is 260 g/mol. The molecule has 0 unspecified atom stereocenters. The van der Waals surface area contributed by atoms with Crippen molar-refractivity contribution in [3.05, 3.63) is 0 Å². The highest BCUT2D eigenvalue weighted by molar-refractivity contribution is 7.99. The molecule has 1 heterocycles. The summed E-state index contributed by atoms with van der Waals surface area (Å²) in [6, 6.07) is 0.559. The third-order valence-electron chi connectivity index (χ3n) is 4.23. The van der Waals surface area contributed by atoms with E-state index < -0.39 is 0 Å². The molecule has 2 fully saturated rings. The molecule has 1 aliphatic heterocycles. The molecule has 0 bridgehead atoms. The van der Waals surface area contributed by atoms with Gasteiger partial charge in [0.25, 0.3) is 0 Å². The minimum atomic E-state index is 0.129. The molecule has 1 saturated heterocycles. The molecule has 2 rings (SSSR count). The minimum absolute atomic E-state index is 0.129. The summed E-state index contributed by atoms with van der Waals surface area (Å²) in [6.45, 7) is 2.02. The van der Waals surface area contributed by atoms with Crippen molar-refractivity contribution >= 4 is 17.7 Å². The van der Waals surface area contributed by atoms with E-state index in [1.54, 1.807) is 0 Å². The summed E-state index contributed by atoms with van der Waals surface area (Å²) in [5.41, 5.74) is 0. The number of carbonyl (C=O) groups is 1. The van der Waals surface area contributed by atoms with Crippen molar-refractivity contribution in [3.8, 4) is 0 Å². The first kappa shape index (κ1) is 15.1. The molecule has 0 aromatic carbocycles. The van der Waals surface area contributed by atoms with Crippen LogP contribution >= 0.6 is 11.8 Å². The zero-order chi connectivity index (χ0) is 13.7. The molecule has 2 aliphatic rings. The first-order valence-corrected chi connectivity index (χ1v) is 8.61. The fraction of sp³-hybridized carbons (Fsp3) is 0.929. The maximum atomic E-state index is 11.9. The van der Waals surface area contributed by atoms with Crippen LogP contribution in [0.15, 0.2) is 0 Å². The van der Waals surface area contributed by atoms with E-state index in [2.05, 4.69) is 23.5 Å². The Balaban J connectivity index is 1.68. The molecule has 1 saturated carbocycles. The largest absolute Gasteiger partial charge is 0.376 e. The van der Waals surface area contributed by atoms with Crippen molar-refractivity contribution in [2.45, 2.75) is 49.5 Å². The highest BCUT2D eigenvalue weighted by atomic mass is 32.2. The van der Waals surface area contributed by atoms with Gasteiger partial charge < -0.3 is 10.1 Å². The van der Waals surface area contributed by atoms with E-state index in [1.165, 1.54) is 19.3 Å². The van der Waals surface area contributed by atoms with Gasteiger partial charge in [-0.15, -0.1) is 0 Å². The highest BCUT2D eigenvalue weighted by Crippen LogP contribution is 2.31. The number of thioether (sulfide) groups is 1. The number of amides is 1. The molecule has 0 spiro atoms. The lowest BCUT2D eigenvalue weighted by Crippen LogP contribution is -2.44. The number of nitrogens with zero attached hydrogens (tertiary/aromatic N) is 1. The average Bonchev–Trinajstić information content (AvgIpc) is 3.07. The van der Waals surface area contributed by atoms with Crippen LogP contribution < -0.4 is 5.32 Å². The maximum absolute atomic E-state index is 11.9. The average molecular weight is 286 g/mol. The van der Waals surface area contributed by atoms with Gasteiger partial charge in [0.1, 0.15) is 0 Å². The highest BCUT2D eigenvalue weighted by Gasteiger charge is 2.30. The third-order valence-corrected chi connectivity index (χ3v) is 5.39. The lowest BCUT2D eigenvalue weighted by molar-refractivity contribution is -0.122. The van der Waals surface area contributed by atoms with Gasteiger partial charge in [0.05, 0.1) is 12.6 Å². The maximum Gasteiger partial charge on any atom is 0.234 e. The van der Waals surface area contributed by atoms with Crippen LogP contribution in [-0.4, -0.2) is 61.2 Å². The molecule has 19 heavy (non-hydrogen) atoms. The van der Waals surface area contributed by atoms with Crippen molar-refractivity contribution in [1.82, 2.24) is 10.2 Å². The van der Waals surface area contributed by atoms with Gasteiger partial charge in [-0.25, -0.2) is 0 Å². The van der Waals surface area contributed by atoms with Gasteiger partial charge in [-0.1, -0.05) is 6.42 Å². The summed E-state index contributed by atoms with van der Waals surface area (Å²) in [4.78, 5) is 14.2. The van der Waals surface area contributed by atoms with Crippen LogP contribution in [0.5, 0.6) is 0 Å². The van der Waals surface area contributed by atoms with E-state index in [-0.39, 0.29) is 12.0 Å². The first-order valence-electron chi connectivity index (χ1n) is 7.32. The van der Waals surface area contributed by atoms with E-state index in [0.717, 1.165) is 19.4 Å². The van der Waals surface area contributed by atoms with E-state index in [0.29, 0.717) is 24.4 Å². The molecule has 110 valence electrons. The fourth-order valence-electron chi connectivity index (χ4n) is 3.12. The Morgan fingerprint density at radius 3 is 2.89 bits per heavy atom. The van der Waals surface area contributed by atoms with Crippen LogP contribution in [0.3, 0.4) is 0 Å². The Morgan fingerprint density at radius 1 is 1.37 bits per heavy atom. The number of hydrogen-bond donors (Lipinski definition) is 1. The SMILES string of the molecule is CS[C@@H]1CCC[C@@H]1N(C)CC(=O)NC[C@H]1CCCO1. The van der Waals surface area contributed by atoms with Gasteiger partial charge >= 0.3 is 0 Å². The van der Waals surface area contributed by atoms with Gasteiger partial charge in [0.15, 0.2) is 0 Å². The summed E-state index contributed by atoms with van der Waals surface area (Å²) in [6.07, 6.45) is 8.41. The van der Waals surface area contributed by atoms with E-state index >= 15 is 0 Å². The Kier molecular flexibility index (Phi) is 5.98. The zero-order valence-electron chi connectivity index (χ0n) is 12.1. The Bertz CT molecular complexity index is 295. The molecule has 5 heteroatoms. The summed E-state index contributed by atoms with van der Waals surface area (Å²) >= 11 is 1.94. The zero-order valence-corrected chi connectivity index (χ0v) is 12.9. The van der Waals surface area contributed by atoms with Crippen molar-refractivity contribution in [2.24, 2.45) is 0 Å². The molecule has 0 radical (unpaired) electrons. The predicted molar refractivity (Wildman–Crippen MR) is 79.6 cm³/mol. The number of ether oxygens (including phenoxy) is 1. The monoisotopic (exact) mass is 286 g/mol. The Morgan fingerprint density at radius 2 is 2.21 bits per heavy atom.